The molecule has 0 radical (unpaired) electrons. The smallest absolute Gasteiger partial charge is 0.326 e. The number of nitrogens with zero attached hydrogens (tertiary/aromatic N) is 1. The molecule has 0 amide bonds. The van der Waals surface area contributed by atoms with Crippen LogP contribution in [-0.2, 0) is 26.2 Å². The van der Waals surface area contributed by atoms with Crippen LogP contribution < -0.4 is 10.2 Å². The molecule has 0 heterocycles. The van der Waals surface area contributed by atoms with Crippen molar-refractivity contribution in [3.8, 4) is 0 Å². The maximum atomic E-state index is 11.7. The van der Waals surface area contributed by atoms with E-state index in [4.69, 9.17) is 10.6 Å². The van der Waals surface area contributed by atoms with Gasteiger partial charge in [0, 0.05) is 13.5 Å². The quantitative estimate of drug-likeness (QED) is 0.815. The van der Waals surface area contributed by atoms with Crippen LogP contribution in [0.1, 0.15) is 18.1 Å². The Balaban J connectivity index is 3.38. The molecule has 0 saturated heterocycles. The molecule has 0 aliphatic rings. The molecule has 18 heavy (non-hydrogen) atoms. The third-order valence-corrected chi connectivity index (χ3v) is 3.17. The summed E-state index contributed by atoms with van der Waals surface area (Å²) >= 11 is 0. The van der Waals surface area contributed by atoms with Crippen LogP contribution >= 0.6 is 0 Å². The molecule has 0 saturated carbocycles. The molecule has 0 spiro atoms. The minimum absolute atomic E-state index is 0.148. The van der Waals surface area contributed by atoms with E-state index in [-0.39, 0.29) is 12.2 Å². The van der Waals surface area contributed by atoms with Gasteiger partial charge >= 0.3 is 5.97 Å². The predicted molar refractivity (Wildman–Crippen MR) is 68.2 cm³/mol. The number of nitrogens with two attached hydrogens (primary N) is 1. The van der Waals surface area contributed by atoms with Gasteiger partial charge in [0.15, 0.2) is 0 Å². The third-order valence-electron chi connectivity index (χ3n) is 2.30. The normalized spacial score (nSPS) is 11.1. The number of aryl methyl sites for hydroxylation is 1. The maximum absolute atomic E-state index is 11.7. The van der Waals surface area contributed by atoms with Gasteiger partial charge in [0.1, 0.15) is 0 Å². The van der Waals surface area contributed by atoms with Gasteiger partial charge in [0.25, 0.3) is 10.0 Å². The highest BCUT2D eigenvalue weighted by Gasteiger charge is 2.24. The molecule has 0 fully saturated rings. The summed E-state index contributed by atoms with van der Waals surface area (Å²) in [6, 6.07) is 5.02. The summed E-state index contributed by atoms with van der Waals surface area (Å²) in [4.78, 5) is 15.7. The van der Waals surface area contributed by atoms with Gasteiger partial charge in [-0.05, 0) is 24.1 Å². The van der Waals surface area contributed by atoms with E-state index >= 15 is 0 Å². The Bertz CT molecular complexity index is 554. The molecule has 0 aliphatic carbocycles. The maximum Gasteiger partial charge on any atom is 0.330 e. The second kappa shape index (κ2) is 5.36. The van der Waals surface area contributed by atoms with Crippen LogP contribution in [0.15, 0.2) is 18.2 Å². The van der Waals surface area contributed by atoms with Crippen molar-refractivity contribution in [2.45, 2.75) is 20.4 Å². The molecule has 1 aromatic carbocycles. The fourth-order valence-corrected chi connectivity index (χ4v) is 2.30. The molecule has 7 heteroatoms. The first kappa shape index (κ1) is 14.5. The third kappa shape index (κ3) is 3.21. The molecule has 0 atom stereocenters. The van der Waals surface area contributed by atoms with Crippen molar-refractivity contribution in [2.24, 2.45) is 5.73 Å². The molecule has 6 nitrogen and oxygen atoms in total. The lowest BCUT2D eigenvalue weighted by Crippen LogP contribution is -2.33. The van der Waals surface area contributed by atoms with Crippen molar-refractivity contribution in [3.63, 3.8) is 0 Å². The molecule has 1 rings (SSSR count). The number of sulfonamides is 1. The number of hydrogen-bond acceptors (Lipinski definition) is 5. The molecule has 0 bridgehead atoms. The van der Waals surface area contributed by atoms with Gasteiger partial charge in [-0.3, -0.25) is 0 Å². The predicted octanol–water partition coefficient (Wildman–Crippen LogP) is 0.698. The lowest BCUT2D eigenvalue weighted by molar-refractivity contribution is -0.140. The first-order valence-corrected chi connectivity index (χ1v) is 7.09. The molecule has 1 aromatic rings. The Labute approximate surface area is 106 Å². The van der Waals surface area contributed by atoms with E-state index in [1.54, 1.807) is 25.1 Å². The number of anilines is 1. The standard InChI is InChI=1S/C11H16N2O4S/c1-8-5-4-6-11(10(8)7-12)13(17-9(2)14)18(3,15)16/h4-6H,7,12H2,1-3H3. The van der Waals surface area contributed by atoms with Crippen molar-refractivity contribution >= 4 is 21.7 Å². The zero-order chi connectivity index (χ0) is 13.9. The summed E-state index contributed by atoms with van der Waals surface area (Å²) in [5, 5.41) is 0. The van der Waals surface area contributed by atoms with Gasteiger partial charge in [0.05, 0.1) is 11.9 Å². The Morgan fingerprint density at radius 3 is 2.50 bits per heavy atom. The minimum Gasteiger partial charge on any atom is -0.326 e. The van der Waals surface area contributed by atoms with Crippen LogP contribution in [0.3, 0.4) is 0 Å². The summed E-state index contributed by atoms with van der Waals surface area (Å²) in [6.45, 7) is 3.09. The molecular weight excluding hydrogens is 256 g/mol. The van der Waals surface area contributed by atoms with E-state index in [1.165, 1.54) is 0 Å². The average Bonchev–Trinajstić information content (AvgIpc) is 2.24. The van der Waals surface area contributed by atoms with Gasteiger partial charge in [-0.2, -0.15) is 0 Å². The van der Waals surface area contributed by atoms with Crippen molar-refractivity contribution in [3.05, 3.63) is 29.3 Å². The van der Waals surface area contributed by atoms with E-state index in [0.717, 1.165) is 18.7 Å². The highest BCUT2D eigenvalue weighted by atomic mass is 32.2. The number of carbonyl (C=O) groups excluding carboxylic acids is 1. The van der Waals surface area contributed by atoms with E-state index in [1.807, 2.05) is 0 Å². The topological polar surface area (TPSA) is 89.7 Å². The highest BCUT2D eigenvalue weighted by molar-refractivity contribution is 7.91. The fraction of sp³-hybridized carbons (Fsp3) is 0.364. The van der Waals surface area contributed by atoms with E-state index in [0.29, 0.717) is 10.0 Å². The van der Waals surface area contributed by atoms with Gasteiger partial charge in [-0.25, -0.2) is 13.2 Å². The average molecular weight is 272 g/mol. The second-order valence-corrected chi connectivity index (χ2v) is 5.65. The molecule has 0 aliphatic heterocycles. The number of rotatable bonds is 4. The van der Waals surface area contributed by atoms with Crippen molar-refractivity contribution in [1.29, 1.82) is 0 Å². The molecule has 0 aromatic heterocycles. The summed E-state index contributed by atoms with van der Waals surface area (Å²) < 4.78 is 23.9. The lowest BCUT2D eigenvalue weighted by Gasteiger charge is -2.22. The summed E-state index contributed by atoms with van der Waals surface area (Å²) in [5.74, 6) is -0.718. The summed E-state index contributed by atoms with van der Waals surface area (Å²) in [7, 11) is -3.73. The summed E-state index contributed by atoms with van der Waals surface area (Å²) in [6.07, 6.45) is 0.957. The lowest BCUT2D eigenvalue weighted by atomic mass is 10.1. The SMILES string of the molecule is CC(=O)ON(c1cccc(C)c1CN)S(C)(=O)=O. The van der Waals surface area contributed by atoms with Gasteiger partial charge in [-0.1, -0.05) is 16.6 Å². The monoisotopic (exact) mass is 272 g/mol. The molecule has 2 N–H and O–H groups in total. The number of hydrogen-bond donors (Lipinski definition) is 1. The van der Waals surface area contributed by atoms with Gasteiger partial charge < -0.3 is 10.6 Å². The van der Waals surface area contributed by atoms with E-state index < -0.39 is 16.0 Å². The van der Waals surface area contributed by atoms with Crippen LogP contribution in [0.4, 0.5) is 5.69 Å². The van der Waals surface area contributed by atoms with Crippen LogP contribution in [0.25, 0.3) is 0 Å². The minimum atomic E-state index is -3.73. The van der Waals surface area contributed by atoms with Crippen LogP contribution in [0, 0.1) is 6.92 Å². The molecular formula is C11H16N2O4S. The first-order valence-electron chi connectivity index (χ1n) is 5.24. The Hall–Kier alpha value is -1.60. The van der Waals surface area contributed by atoms with Crippen LogP contribution in [0.2, 0.25) is 0 Å². The number of carbonyl (C=O) groups is 1. The van der Waals surface area contributed by atoms with E-state index in [9.17, 15) is 13.2 Å². The largest absolute Gasteiger partial charge is 0.330 e. The first-order chi connectivity index (χ1) is 8.27. The Morgan fingerprint density at radius 2 is 2.06 bits per heavy atom. The fourth-order valence-electron chi connectivity index (χ4n) is 1.54. The highest BCUT2D eigenvalue weighted by Crippen LogP contribution is 2.25. The van der Waals surface area contributed by atoms with Gasteiger partial charge in [0.2, 0.25) is 0 Å². The summed E-state index contributed by atoms with van der Waals surface area (Å²) in [5.41, 5.74) is 7.31. The van der Waals surface area contributed by atoms with Crippen molar-refractivity contribution in [1.82, 2.24) is 0 Å². The van der Waals surface area contributed by atoms with Crippen molar-refractivity contribution < 1.29 is 18.0 Å². The zero-order valence-electron chi connectivity index (χ0n) is 10.5. The Kier molecular flexibility index (Phi) is 4.31. The Morgan fingerprint density at radius 1 is 1.44 bits per heavy atom. The second-order valence-electron chi connectivity index (χ2n) is 3.85. The number of benzene rings is 1. The van der Waals surface area contributed by atoms with Gasteiger partial charge in [-0.15, -0.1) is 0 Å². The molecule has 100 valence electrons. The van der Waals surface area contributed by atoms with Crippen molar-refractivity contribution in [2.75, 3.05) is 10.7 Å². The zero-order valence-corrected chi connectivity index (χ0v) is 11.3. The molecule has 0 unspecified atom stereocenters. The van der Waals surface area contributed by atoms with E-state index in [2.05, 4.69) is 0 Å². The van der Waals surface area contributed by atoms with Crippen LogP contribution in [0.5, 0.6) is 0 Å². The van der Waals surface area contributed by atoms with Crippen LogP contribution in [-0.4, -0.2) is 20.6 Å².